The third-order valence-corrected chi connectivity index (χ3v) is 4.17. The van der Waals surface area contributed by atoms with E-state index in [1.165, 1.54) is 0 Å². The Hall–Kier alpha value is -1.57. The van der Waals surface area contributed by atoms with Crippen LogP contribution >= 0.6 is 11.6 Å². The Morgan fingerprint density at radius 2 is 2.10 bits per heavy atom. The summed E-state index contributed by atoms with van der Waals surface area (Å²) in [5.74, 6) is 0.0383. The van der Waals surface area contributed by atoms with E-state index in [0.717, 1.165) is 12.1 Å². The van der Waals surface area contributed by atoms with Crippen LogP contribution in [0.15, 0.2) is 33.6 Å². The Morgan fingerprint density at radius 1 is 1.40 bits per heavy atom. The van der Waals surface area contributed by atoms with Gasteiger partial charge in [0.05, 0.1) is 12.2 Å². The Balaban J connectivity index is 2.27. The SMILES string of the molecule is Cc1ccc(CNS(=O)(=O)c2cc(Cl)cc(N)c2F)o1. The highest BCUT2D eigenvalue weighted by atomic mass is 35.5. The third kappa shape index (κ3) is 3.12. The van der Waals surface area contributed by atoms with E-state index in [9.17, 15) is 12.8 Å². The van der Waals surface area contributed by atoms with Gasteiger partial charge >= 0.3 is 0 Å². The van der Waals surface area contributed by atoms with E-state index in [1.54, 1.807) is 19.1 Å². The van der Waals surface area contributed by atoms with E-state index in [-0.39, 0.29) is 17.3 Å². The molecule has 1 heterocycles. The highest BCUT2D eigenvalue weighted by Crippen LogP contribution is 2.25. The molecule has 108 valence electrons. The van der Waals surface area contributed by atoms with E-state index in [2.05, 4.69) is 4.72 Å². The molecular formula is C12H12ClFN2O3S. The predicted molar refractivity (Wildman–Crippen MR) is 73.3 cm³/mol. The predicted octanol–water partition coefficient (Wildman–Crippen LogP) is 2.44. The Kier molecular flexibility index (Phi) is 4.03. The lowest BCUT2D eigenvalue weighted by Gasteiger charge is -2.08. The molecule has 0 aliphatic heterocycles. The number of aryl methyl sites for hydroxylation is 1. The summed E-state index contributed by atoms with van der Waals surface area (Å²) < 4.78 is 45.3. The average Bonchev–Trinajstić information content (AvgIpc) is 2.77. The summed E-state index contributed by atoms with van der Waals surface area (Å²) in [5, 5.41) is 0.0399. The molecule has 0 amide bonds. The van der Waals surface area contributed by atoms with Crippen molar-refractivity contribution in [1.29, 1.82) is 0 Å². The molecule has 2 rings (SSSR count). The van der Waals surface area contributed by atoms with Gasteiger partial charge in [-0.05, 0) is 31.2 Å². The van der Waals surface area contributed by atoms with Crippen molar-refractivity contribution in [3.8, 4) is 0 Å². The smallest absolute Gasteiger partial charge is 0.244 e. The topological polar surface area (TPSA) is 85.3 Å². The third-order valence-electron chi connectivity index (χ3n) is 2.55. The zero-order valence-corrected chi connectivity index (χ0v) is 12.1. The first-order valence-electron chi connectivity index (χ1n) is 5.59. The number of nitrogen functional groups attached to an aromatic ring is 1. The van der Waals surface area contributed by atoms with E-state index in [0.29, 0.717) is 11.5 Å². The van der Waals surface area contributed by atoms with Crippen molar-refractivity contribution in [2.45, 2.75) is 18.4 Å². The van der Waals surface area contributed by atoms with Crippen LogP contribution in [-0.4, -0.2) is 8.42 Å². The number of nitrogens with two attached hydrogens (primary N) is 1. The van der Waals surface area contributed by atoms with Crippen molar-refractivity contribution in [3.05, 3.63) is 46.6 Å². The summed E-state index contributed by atoms with van der Waals surface area (Å²) in [6, 6.07) is 5.47. The molecule has 20 heavy (non-hydrogen) atoms. The summed E-state index contributed by atoms with van der Waals surface area (Å²) in [4.78, 5) is -0.592. The number of anilines is 1. The number of halogens is 2. The lowest BCUT2D eigenvalue weighted by Crippen LogP contribution is -2.24. The van der Waals surface area contributed by atoms with Gasteiger partial charge in [0.25, 0.3) is 0 Å². The van der Waals surface area contributed by atoms with Crippen LogP contribution in [0.25, 0.3) is 0 Å². The van der Waals surface area contributed by atoms with Gasteiger partial charge in [0.1, 0.15) is 16.4 Å². The van der Waals surface area contributed by atoms with Gasteiger partial charge in [-0.25, -0.2) is 17.5 Å². The molecule has 3 N–H and O–H groups in total. The molecule has 0 radical (unpaired) electrons. The molecule has 0 spiro atoms. The van der Waals surface area contributed by atoms with Crippen LogP contribution in [0.5, 0.6) is 0 Å². The normalized spacial score (nSPS) is 11.8. The highest BCUT2D eigenvalue weighted by molar-refractivity contribution is 7.89. The number of nitrogens with one attached hydrogen (secondary N) is 1. The molecule has 0 atom stereocenters. The quantitative estimate of drug-likeness (QED) is 0.848. The zero-order chi connectivity index (χ0) is 14.9. The maximum atomic E-state index is 13.8. The molecule has 0 saturated heterocycles. The maximum Gasteiger partial charge on any atom is 0.244 e. The molecule has 0 aliphatic carbocycles. The Bertz CT molecular complexity index is 743. The summed E-state index contributed by atoms with van der Waals surface area (Å²) in [7, 11) is -4.07. The number of rotatable bonds is 4. The molecule has 2 aromatic rings. The number of sulfonamides is 1. The van der Waals surface area contributed by atoms with Gasteiger partial charge in [-0.2, -0.15) is 0 Å². The fourth-order valence-electron chi connectivity index (χ4n) is 1.60. The molecule has 0 unspecified atom stereocenters. The summed E-state index contributed by atoms with van der Waals surface area (Å²) in [5.41, 5.74) is 5.03. The van der Waals surface area contributed by atoms with Crippen LogP contribution in [0.3, 0.4) is 0 Å². The molecule has 1 aromatic carbocycles. The maximum absolute atomic E-state index is 13.8. The number of hydrogen-bond donors (Lipinski definition) is 2. The Labute approximate surface area is 120 Å². The van der Waals surface area contributed by atoms with Crippen molar-refractivity contribution in [2.75, 3.05) is 5.73 Å². The van der Waals surface area contributed by atoms with E-state index >= 15 is 0 Å². The molecule has 0 fully saturated rings. The zero-order valence-electron chi connectivity index (χ0n) is 10.5. The molecule has 8 heteroatoms. The molecule has 1 aromatic heterocycles. The summed E-state index contributed by atoms with van der Waals surface area (Å²) in [6.45, 7) is 1.64. The fraction of sp³-hybridized carbons (Fsp3) is 0.167. The summed E-state index contributed by atoms with van der Waals surface area (Å²) in [6.07, 6.45) is 0. The first-order valence-corrected chi connectivity index (χ1v) is 7.45. The van der Waals surface area contributed by atoms with Crippen molar-refractivity contribution < 1.29 is 17.2 Å². The van der Waals surface area contributed by atoms with Crippen LogP contribution in [-0.2, 0) is 16.6 Å². The molecule has 0 bridgehead atoms. The Morgan fingerprint density at radius 3 is 2.70 bits per heavy atom. The van der Waals surface area contributed by atoms with Gasteiger partial charge < -0.3 is 10.2 Å². The lowest BCUT2D eigenvalue weighted by atomic mass is 10.3. The fourth-order valence-corrected chi connectivity index (χ4v) is 3.02. The van der Waals surface area contributed by atoms with Gasteiger partial charge in [-0.1, -0.05) is 11.6 Å². The van der Waals surface area contributed by atoms with E-state index in [4.69, 9.17) is 21.8 Å². The van der Waals surface area contributed by atoms with Gasteiger partial charge in [0.15, 0.2) is 5.82 Å². The minimum Gasteiger partial charge on any atom is -0.465 e. The highest BCUT2D eigenvalue weighted by Gasteiger charge is 2.22. The molecule has 0 saturated carbocycles. The molecule has 0 aliphatic rings. The van der Waals surface area contributed by atoms with Crippen molar-refractivity contribution >= 4 is 27.3 Å². The number of hydrogen-bond acceptors (Lipinski definition) is 4. The van der Waals surface area contributed by atoms with Crippen LogP contribution in [0.1, 0.15) is 11.5 Å². The van der Waals surface area contributed by atoms with Gasteiger partial charge in [-0.15, -0.1) is 0 Å². The second kappa shape index (κ2) is 5.43. The summed E-state index contributed by atoms with van der Waals surface area (Å²) >= 11 is 5.69. The minimum absolute atomic E-state index is 0.0399. The van der Waals surface area contributed by atoms with Crippen molar-refractivity contribution in [3.63, 3.8) is 0 Å². The number of benzene rings is 1. The van der Waals surface area contributed by atoms with E-state index < -0.39 is 20.7 Å². The van der Waals surface area contributed by atoms with E-state index in [1.807, 2.05) is 0 Å². The van der Waals surface area contributed by atoms with Gasteiger partial charge in [0.2, 0.25) is 10.0 Å². The average molecular weight is 319 g/mol. The monoisotopic (exact) mass is 318 g/mol. The second-order valence-corrected chi connectivity index (χ2v) is 6.32. The number of furan rings is 1. The largest absolute Gasteiger partial charge is 0.465 e. The van der Waals surface area contributed by atoms with Crippen molar-refractivity contribution in [1.82, 2.24) is 4.72 Å². The molecular weight excluding hydrogens is 307 g/mol. The lowest BCUT2D eigenvalue weighted by molar-refractivity contribution is 0.474. The van der Waals surface area contributed by atoms with Gasteiger partial charge in [-0.3, -0.25) is 0 Å². The standard InChI is InChI=1S/C12H12ClFN2O3S/c1-7-2-3-9(19-7)6-16-20(17,18)11-5-8(13)4-10(15)12(11)14/h2-5,16H,6,15H2,1H3. The molecule has 5 nitrogen and oxygen atoms in total. The minimum atomic E-state index is -4.07. The first-order chi connectivity index (χ1) is 9.29. The van der Waals surface area contributed by atoms with Crippen molar-refractivity contribution in [2.24, 2.45) is 0 Å². The first kappa shape index (κ1) is 14.8. The van der Waals surface area contributed by atoms with Crippen LogP contribution in [0.4, 0.5) is 10.1 Å². The second-order valence-electron chi connectivity index (χ2n) is 4.14. The van der Waals surface area contributed by atoms with Crippen LogP contribution in [0, 0.1) is 12.7 Å². The van der Waals surface area contributed by atoms with Gasteiger partial charge in [0, 0.05) is 5.02 Å². The van der Waals surface area contributed by atoms with Crippen LogP contribution in [0.2, 0.25) is 5.02 Å². The van der Waals surface area contributed by atoms with Crippen LogP contribution < -0.4 is 10.5 Å².